The number of carbonyl (C=O) groups excluding carboxylic acids is 2. The summed E-state index contributed by atoms with van der Waals surface area (Å²) in [5.41, 5.74) is 9.92. The van der Waals surface area contributed by atoms with E-state index in [2.05, 4.69) is 0 Å². The Labute approximate surface area is 121 Å². The van der Waals surface area contributed by atoms with Crippen molar-refractivity contribution in [3.05, 3.63) is 0 Å². The van der Waals surface area contributed by atoms with E-state index in [0.717, 1.165) is 4.31 Å². The molecule has 1 saturated heterocycles. The van der Waals surface area contributed by atoms with E-state index in [1.165, 1.54) is 0 Å². The quantitative estimate of drug-likeness (QED) is 0.466. The van der Waals surface area contributed by atoms with E-state index in [1.54, 1.807) is 0 Å². The van der Waals surface area contributed by atoms with Gasteiger partial charge >= 0.3 is 5.97 Å². The van der Waals surface area contributed by atoms with Gasteiger partial charge in [0.2, 0.25) is 11.8 Å². The molecule has 0 bridgehead atoms. The van der Waals surface area contributed by atoms with Gasteiger partial charge in [0.25, 0.3) is 10.2 Å². The topological polar surface area (TPSA) is 164 Å². The summed E-state index contributed by atoms with van der Waals surface area (Å²) < 4.78 is 26.2. The molecule has 10 nitrogen and oxygen atoms in total. The number of piperidine rings is 1. The summed E-state index contributed by atoms with van der Waals surface area (Å²) in [6, 6.07) is -1.23. The van der Waals surface area contributed by atoms with Gasteiger partial charge < -0.3 is 16.6 Å². The molecule has 1 rings (SSSR count). The maximum absolute atomic E-state index is 12.4. The van der Waals surface area contributed by atoms with Gasteiger partial charge in [0, 0.05) is 6.54 Å². The van der Waals surface area contributed by atoms with Crippen LogP contribution in [0, 0.1) is 0 Å². The third-order valence-electron chi connectivity index (χ3n) is 3.03. The van der Waals surface area contributed by atoms with Crippen molar-refractivity contribution in [2.24, 2.45) is 11.5 Å². The molecular weight excluding hydrogens is 304 g/mol. The van der Waals surface area contributed by atoms with Crippen molar-refractivity contribution in [3.63, 3.8) is 0 Å². The highest BCUT2D eigenvalue weighted by atomic mass is 32.2. The highest BCUT2D eigenvalue weighted by molar-refractivity contribution is 7.86. The molecule has 11 heteroatoms. The second-order valence-corrected chi connectivity index (χ2v) is 6.55. The summed E-state index contributed by atoms with van der Waals surface area (Å²) in [6.45, 7) is -1.49. The molecule has 1 unspecified atom stereocenters. The summed E-state index contributed by atoms with van der Waals surface area (Å²) in [5.74, 6) is -3.22. The molecule has 2 amide bonds. The Balaban J connectivity index is 3.09. The maximum Gasteiger partial charge on any atom is 0.322 e. The lowest BCUT2D eigenvalue weighted by atomic mass is 10.1. The minimum absolute atomic E-state index is 0.00662. The summed E-state index contributed by atoms with van der Waals surface area (Å²) in [4.78, 5) is 33.1. The maximum atomic E-state index is 12.4. The zero-order valence-corrected chi connectivity index (χ0v) is 12.1. The number of nitrogens with zero attached hydrogens (tertiary/aromatic N) is 2. The van der Waals surface area contributed by atoms with Crippen LogP contribution in [0.1, 0.15) is 19.3 Å². The van der Waals surface area contributed by atoms with Gasteiger partial charge in [-0.1, -0.05) is 0 Å². The number of primary amides is 2. The number of amides is 2. The van der Waals surface area contributed by atoms with Crippen molar-refractivity contribution in [3.8, 4) is 0 Å². The van der Waals surface area contributed by atoms with E-state index in [-0.39, 0.29) is 13.0 Å². The molecule has 5 N–H and O–H groups in total. The van der Waals surface area contributed by atoms with E-state index in [4.69, 9.17) is 16.6 Å². The third kappa shape index (κ3) is 4.37. The molecule has 1 heterocycles. The van der Waals surface area contributed by atoms with Crippen molar-refractivity contribution in [1.82, 2.24) is 8.61 Å². The smallest absolute Gasteiger partial charge is 0.322 e. The number of hydrogen-bond acceptors (Lipinski definition) is 5. The standard InChI is InChI=1S/C10H18N4O6S/c11-8(15)5-13(6-9(12)16)21(19,20)14-4-2-1-3-7(14)10(17)18/h7H,1-6H2,(H2,11,15)(H2,12,16)(H,17,18). The van der Waals surface area contributed by atoms with Gasteiger partial charge in [0.1, 0.15) is 6.04 Å². The normalized spacial score (nSPS) is 20.3. The lowest BCUT2D eigenvalue weighted by molar-refractivity contribution is -0.142. The molecule has 0 aromatic heterocycles. The monoisotopic (exact) mass is 322 g/mol. The van der Waals surface area contributed by atoms with Crippen LogP contribution in [0.25, 0.3) is 0 Å². The number of carboxylic acid groups (broad SMARTS) is 1. The first-order valence-corrected chi connectivity index (χ1v) is 7.62. The number of hydrogen-bond donors (Lipinski definition) is 3. The molecule has 21 heavy (non-hydrogen) atoms. The average molecular weight is 322 g/mol. The predicted molar refractivity (Wildman–Crippen MR) is 70.9 cm³/mol. The number of aliphatic carboxylic acids is 1. The van der Waals surface area contributed by atoms with Crippen LogP contribution in [0.5, 0.6) is 0 Å². The van der Waals surface area contributed by atoms with E-state index in [9.17, 15) is 22.8 Å². The molecule has 120 valence electrons. The Morgan fingerprint density at radius 3 is 2.10 bits per heavy atom. The second-order valence-electron chi connectivity index (χ2n) is 4.67. The van der Waals surface area contributed by atoms with Crippen LogP contribution in [0.2, 0.25) is 0 Å². The molecule has 1 aliphatic heterocycles. The SMILES string of the molecule is NC(=O)CN(CC(N)=O)S(=O)(=O)N1CCCCC1C(=O)O. The van der Waals surface area contributed by atoms with Crippen LogP contribution in [0.3, 0.4) is 0 Å². The number of carboxylic acids is 1. The van der Waals surface area contributed by atoms with Crippen LogP contribution >= 0.6 is 0 Å². The van der Waals surface area contributed by atoms with Gasteiger partial charge in [0.05, 0.1) is 13.1 Å². The van der Waals surface area contributed by atoms with Crippen LogP contribution in [-0.2, 0) is 24.6 Å². The molecule has 1 fully saturated rings. The largest absolute Gasteiger partial charge is 0.480 e. The molecule has 0 saturated carbocycles. The predicted octanol–water partition coefficient (Wildman–Crippen LogP) is -2.56. The summed E-state index contributed by atoms with van der Waals surface area (Å²) in [7, 11) is -4.32. The minimum atomic E-state index is -4.32. The second kappa shape index (κ2) is 6.83. The summed E-state index contributed by atoms with van der Waals surface area (Å²) >= 11 is 0. The summed E-state index contributed by atoms with van der Waals surface area (Å²) in [6.07, 6.45) is 1.23. The first-order valence-electron chi connectivity index (χ1n) is 6.22. The van der Waals surface area contributed by atoms with Gasteiger partial charge in [-0.15, -0.1) is 0 Å². The number of nitrogens with two attached hydrogens (primary N) is 2. The van der Waals surface area contributed by atoms with Crippen LogP contribution < -0.4 is 11.5 Å². The lowest BCUT2D eigenvalue weighted by Crippen LogP contribution is -2.56. The third-order valence-corrected chi connectivity index (χ3v) is 4.97. The van der Waals surface area contributed by atoms with Gasteiger partial charge in [-0.25, -0.2) is 0 Å². The van der Waals surface area contributed by atoms with Crippen molar-refractivity contribution >= 4 is 28.0 Å². The Morgan fingerprint density at radius 2 is 1.67 bits per heavy atom. The molecular formula is C10H18N4O6S. The van der Waals surface area contributed by atoms with Crippen molar-refractivity contribution < 1.29 is 27.9 Å². The molecule has 0 aliphatic carbocycles. The van der Waals surface area contributed by atoms with Gasteiger partial charge in [-0.2, -0.15) is 17.0 Å². The molecule has 0 aromatic rings. The Morgan fingerprint density at radius 1 is 1.14 bits per heavy atom. The van der Waals surface area contributed by atoms with E-state index in [1.807, 2.05) is 0 Å². The molecule has 1 atom stereocenters. The Hall–Kier alpha value is -1.72. The van der Waals surface area contributed by atoms with Gasteiger partial charge in [-0.05, 0) is 19.3 Å². The van der Waals surface area contributed by atoms with Crippen LogP contribution in [0.4, 0.5) is 0 Å². The van der Waals surface area contributed by atoms with Crippen molar-refractivity contribution in [2.75, 3.05) is 19.6 Å². The zero-order valence-electron chi connectivity index (χ0n) is 11.3. The number of rotatable bonds is 7. The first kappa shape index (κ1) is 17.3. The Kier molecular flexibility index (Phi) is 5.63. The molecule has 0 radical (unpaired) electrons. The van der Waals surface area contributed by atoms with E-state index in [0.29, 0.717) is 17.1 Å². The molecule has 1 aliphatic rings. The molecule has 0 spiro atoms. The average Bonchev–Trinajstić information content (AvgIpc) is 2.36. The van der Waals surface area contributed by atoms with E-state index >= 15 is 0 Å². The Bertz CT molecular complexity index is 518. The van der Waals surface area contributed by atoms with Crippen LogP contribution in [-0.4, -0.2) is 65.6 Å². The van der Waals surface area contributed by atoms with Crippen molar-refractivity contribution in [2.45, 2.75) is 25.3 Å². The fraction of sp³-hybridized carbons (Fsp3) is 0.700. The zero-order chi connectivity index (χ0) is 16.2. The fourth-order valence-corrected chi connectivity index (χ4v) is 3.90. The summed E-state index contributed by atoms with van der Waals surface area (Å²) in [5, 5.41) is 9.11. The highest BCUT2D eigenvalue weighted by Gasteiger charge is 2.40. The van der Waals surface area contributed by atoms with Gasteiger partial charge in [-0.3, -0.25) is 14.4 Å². The van der Waals surface area contributed by atoms with Gasteiger partial charge in [0.15, 0.2) is 0 Å². The van der Waals surface area contributed by atoms with E-state index < -0.39 is 47.1 Å². The van der Waals surface area contributed by atoms with Crippen LogP contribution in [0.15, 0.2) is 0 Å². The van der Waals surface area contributed by atoms with Crippen molar-refractivity contribution in [1.29, 1.82) is 0 Å². The molecule has 0 aromatic carbocycles. The lowest BCUT2D eigenvalue weighted by Gasteiger charge is -2.35. The fourth-order valence-electron chi connectivity index (χ4n) is 2.14. The minimum Gasteiger partial charge on any atom is -0.480 e. The first-order chi connectivity index (χ1) is 9.66. The highest BCUT2D eigenvalue weighted by Crippen LogP contribution is 2.22. The number of carbonyl (C=O) groups is 3.